The van der Waals surface area contributed by atoms with Crippen molar-refractivity contribution in [1.29, 1.82) is 0 Å². The van der Waals surface area contributed by atoms with E-state index in [-0.39, 0.29) is 0 Å². The number of nitrogens with zero attached hydrogens (tertiary/aromatic N) is 2. The van der Waals surface area contributed by atoms with E-state index in [1.165, 1.54) is 32.1 Å². The van der Waals surface area contributed by atoms with Crippen LogP contribution in [-0.4, -0.2) is 24.1 Å². The predicted molar refractivity (Wildman–Crippen MR) is 68.1 cm³/mol. The lowest BCUT2D eigenvalue weighted by Crippen LogP contribution is -2.12. The van der Waals surface area contributed by atoms with Gasteiger partial charge in [-0.15, -0.1) is 0 Å². The smallest absolute Gasteiger partial charge is 0.134 e. The second kappa shape index (κ2) is 5.96. The molecule has 1 N–H and O–H groups in total. The van der Waals surface area contributed by atoms with Gasteiger partial charge < -0.3 is 10.1 Å². The van der Waals surface area contributed by atoms with Crippen LogP contribution in [-0.2, 0) is 11.3 Å². The summed E-state index contributed by atoms with van der Waals surface area (Å²) < 4.78 is 5.15. The first-order valence-corrected chi connectivity index (χ1v) is 6.38. The SMILES string of the molecule is CNc1cc(COC)nc(C2CCCCC2)n1. The fourth-order valence-electron chi connectivity index (χ4n) is 2.41. The van der Waals surface area contributed by atoms with Crippen LogP contribution in [0.5, 0.6) is 0 Å². The van der Waals surface area contributed by atoms with Crippen LogP contribution < -0.4 is 5.32 Å². The minimum atomic E-state index is 0.535. The highest BCUT2D eigenvalue weighted by molar-refractivity contribution is 5.35. The van der Waals surface area contributed by atoms with Crippen molar-refractivity contribution >= 4 is 5.82 Å². The normalized spacial score (nSPS) is 17.1. The van der Waals surface area contributed by atoms with Gasteiger partial charge in [0, 0.05) is 26.1 Å². The second-order valence-corrected chi connectivity index (χ2v) is 4.62. The third kappa shape index (κ3) is 3.16. The Morgan fingerprint density at radius 1 is 1.29 bits per heavy atom. The molecule has 0 bridgehead atoms. The molecule has 0 aromatic carbocycles. The molecular weight excluding hydrogens is 214 g/mol. The number of anilines is 1. The molecule has 4 heteroatoms. The van der Waals surface area contributed by atoms with Gasteiger partial charge in [-0.05, 0) is 12.8 Å². The van der Waals surface area contributed by atoms with Crippen molar-refractivity contribution in [1.82, 2.24) is 9.97 Å². The van der Waals surface area contributed by atoms with Gasteiger partial charge in [-0.25, -0.2) is 9.97 Å². The molecule has 1 aromatic heterocycles. The van der Waals surface area contributed by atoms with Gasteiger partial charge >= 0.3 is 0 Å². The zero-order valence-corrected chi connectivity index (χ0v) is 10.7. The fourth-order valence-corrected chi connectivity index (χ4v) is 2.41. The molecule has 1 aromatic rings. The molecule has 1 saturated carbocycles. The lowest BCUT2D eigenvalue weighted by atomic mass is 9.88. The number of hydrogen-bond donors (Lipinski definition) is 1. The van der Waals surface area contributed by atoms with Crippen molar-refractivity contribution in [3.05, 3.63) is 17.6 Å². The molecule has 1 heterocycles. The lowest BCUT2D eigenvalue weighted by Gasteiger charge is -2.21. The topological polar surface area (TPSA) is 47.0 Å². The minimum absolute atomic E-state index is 0.535. The Morgan fingerprint density at radius 3 is 2.71 bits per heavy atom. The Morgan fingerprint density at radius 2 is 2.06 bits per heavy atom. The Balaban J connectivity index is 2.21. The Labute approximate surface area is 103 Å². The molecule has 1 aliphatic carbocycles. The summed E-state index contributed by atoms with van der Waals surface area (Å²) in [5.74, 6) is 2.42. The summed E-state index contributed by atoms with van der Waals surface area (Å²) in [5.41, 5.74) is 0.965. The van der Waals surface area contributed by atoms with Gasteiger partial charge in [-0.2, -0.15) is 0 Å². The molecule has 0 spiro atoms. The lowest BCUT2D eigenvalue weighted by molar-refractivity contribution is 0.181. The van der Waals surface area contributed by atoms with Gasteiger partial charge in [0.15, 0.2) is 0 Å². The van der Waals surface area contributed by atoms with E-state index in [1.807, 2.05) is 13.1 Å². The highest BCUT2D eigenvalue weighted by Gasteiger charge is 2.19. The summed E-state index contributed by atoms with van der Waals surface area (Å²) in [7, 11) is 3.59. The molecule has 94 valence electrons. The molecule has 1 fully saturated rings. The number of nitrogens with one attached hydrogen (secondary N) is 1. The van der Waals surface area contributed by atoms with Crippen molar-refractivity contribution in [2.75, 3.05) is 19.5 Å². The highest BCUT2D eigenvalue weighted by atomic mass is 16.5. The Kier molecular flexibility index (Phi) is 4.31. The predicted octanol–water partition coefficient (Wildman–Crippen LogP) is 2.71. The van der Waals surface area contributed by atoms with Crippen LogP contribution in [0.2, 0.25) is 0 Å². The van der Waals surface area contributed by atoms with Gasteiger partial charge in [-0.1, -0.05) is 19.3 Å². The van der Waals surface area contributed by atoms with Crippen molar-refractivity contribution in [3.63, 3.8) is 0 Å². The van der Waals surface area contributed by atoms with Crippen LogP contribution in [0.3, 0.4) is 0 Å². The first kappa shape index (κ1) is 12.3. The van der Waals surface area contributed by atoms with Crippen molar-refractivity contribution in [3.8, 4) is 0 Å². The van der Waals surface area contributed by atoms with Gasteiger partial charge in [0.1, 0.15) is 11.6 Å². The van der Waals surface area contributed by atoms with E-state index in [9.17, 15) is 0 Å². The summed E-state index contributed by atoms with van der Waals surface area (Å²) in [6, 6.07) is 1.95. The average molecular weight is 235 g/mol. The van der Waals surface area contributed by atoms with Crippen LogP contribution in [0.4, 0.5) is 5.82 Å². The molecule has 0 unspecified atom stereocenters. The number of rotatable bonds is 4. The average Bonchev–Trinajstić information content (AvgIpc) is 2.40. The first-order chi connectivity index (χ1) is 8.33. The molecule has 0 amide bonds. The monoisotopic (exact) mass is 235 g/mol. The third-order valence-corrected chi connectivity index (χ3v) is 3.32. The summed E-state index contributed by atoms with van der Waals surface area (Å²) in [6.07, 6.45) is 6.40. The van der Waals surface area contributed by atoms with Crippen LogP contribution in [0, 0.1) is 0 Å². The van der Waals surface area contributed by atoms with E-state index in [0.717, 1.165) is 17.3 Å². The standard InChI is InChI=1S/C13H21N3O/c1-14-12-8-11(9-17-2)15-13(16-12)10-6-4-3-5-7-10/h8,10H,3-7,9H2,1-2H3,(H,14,15,16). The van der Waals surface area contributed by atoms with Gasteiger partial charge in [0.25, 0.3) is 0 Å². The molecule has 0 radical (unpaired) electrons. The minimum Gasteiger partial charge on any atom is -0.378 e. The van der Waals surface area contributed by atoms with E-state index in [4.69, 9.17) is 4.74 Å². The third-order valence-electron chi connectivity index (χ3n) is 3.32. The molecule has 0 atom stereocenters. The molecule has 0 aliphatic heterocycles. The number of aromatic nitrogens is 2. The summed E-state index contributed by atoms with van der Waals surface area (Å²) in [5, 5.41) is 3.10. The van der Waals surface area contributed by atoms with Crippen LogP contribution in [0.1, 0.15) is 49.5 Å². The van der Waals surface area contributed by atoms with Crippen LogP contribution in [0.15, 0.2) is 6.07 Å². The van der Waals surface area contributed by atoms with E-state index in [0.29, 0.717) is 12.5 Å². The fraction of sp³-hybridized carbons (Fsp3) is 0.692. The first-order valence-electron chi connectivity index (χ1n) is 6.38. The zero-order valence-electron chi connectivity index (χ0n) is 10.7. The summed E-state index contributed by atoms with van der Waals surface area (Å²) >= 11 is 0. The largest absolute Gasteiger partial charge is 0.378 e. The maximum absolute atomic E-state index is 5.15. The van der Waals surface area contributed by atoms with Crippen LogP contribution in [0.25, 0.3) is 0 Å². The number of ether oxygens (including phenoxy) is 1. The Hall–Kier alpha value is -1.16. The maximum atomic E-state index is 5.15. The van der Waals surface area contributed by atoms with Crippen LogP contribution >= 0.6 is 0 Å². The molecule has 1 aliphatic rings. The Bertz CT molecular complexity index is 362. The van der Waals surface area contributed by atoms with E-state index < -0.39 is 0 Å². The van der Waals surface area contributed by atoms with E-state index >= 15 is 0 Å². The van der Waals surface area contributed by atoms with Crippen molar-refractivity contribution in [2.24, 2.45) is 0 Å². The molecule has 2 rings (SSSR count). The maximum Gasteiger partial charge on any atom is 0.134 e. The van der Waals surface area contributed by atoms with E-state index in [2.05, 4.69) is 15.3 Å². The molecule has 0 saturated heterocycles. The van der Waals surface area contributed by atoms with E-state index in [1.54, 1.807) is 7.11 Å². The van der Waals surface area contributed by atoms with Gasteiger partial charge in [0.2, 0.25) is 0 Å². The highest BCUT2D eigenvalue weighted by Crippen LogP contribution is 2.31. The second-order valence-electron chi connectivity index (χ2n) is 4.62. The number of hydrogen-bond acceptors (Lipinski definition) is 4. The zero-order chi connectivity index (χ0) is 12.1. The quantitative estimate of drug-likeness (QED) is 0.871. The summed E-state index contributed by atoms with van der Waals surface area (Å²) in [4.78, 5) is 9.20. The van der Waals surface area contributed by atoms with Crippen molar-refractivity contribution < 1.29 is 4.74 Å². The summed E-state index contributed by atoms with van der Waals surface area (Å²) in [6.45, 7) is 0.552. The van der Waals surface area contributed by atoms with Gasteiger partial charge in [0.05, 0.1) is 12.3 Å². The van der Waals surface area contributed by atoms with Gasteiger partial charge in [-0.3, -0.25) is 0 Å². The molecule has 4 nitrogen and oxygen atoms in total. The number of methoxy groups -OCH3 is 1. The molecule has 17 heavy (non-hydrogen) atoms. The molecular formula is C13H21N3O. The van der Waals surface area contributed by atoms with Crippen molar-refractivity contribution in [2.45, 2.75) is 44.6 Å².